The van der Waals surface area contributed by atoms with Gasteiger partial charge in [0.1, 0.15) is 0 Å². The fraction of sp³-hybridized carbons (Fsp3) is 0.467. The van der Waals surface area contributed by atoms with Crippen LogP contribution in [0.5, 0.6) is 11.5 Å². The lowest BCUT2D eigenvalue weighted by atomic mass is 10.1. The number of methoxy groups -OCH3 is 2. The molecule has 2 rings (SSSR count). The molecular formula is C15H21N3O3S. The predicted molar refractivity (Wildman–Crippen MR) is 89.0 cm³/mol. The summed E-state index contributed by atoms with van der Waals surface area (Å²) >= 11 is 1.44. The zero-order valence-corrected chi connectivity index (χ0v) is 13.7. The molecule has 0 bridgehead atoms. The van der Waals surface area contributed by atoms with E-state index in [0.717, 1.165) is 30.2 Å². The van der Waals surface area contributed by atoms with Gasteiger partial charge in [0, 0.05) is 13.1 Å². The maximum Gasteiger partial charge on any atom is 0.230 e. The molecule has 0 atom stereocenters. The lowest BCUT2D eigenvalue weighted by Gasteiger charge is -2.10. The van der Waals surface area contributed by atoms with Crippen LogP contribution in [0.3, 0.4) is 0 Å². The van der Waals surface area contributed by atoms with Crippen LogP contribution in [0.25, 0.3) is 0 Å². The van der Waals surface area contributed by atoms with Crippen molar-refractivity contribution in [1.82, 2.24) is 10.6 Å². The number of amides is 1. The third-order valence-electron chi connectivity index (χ3n) is 3.17. The number of carbonyl (C=O) groups excluding carboxylic acids is 1. The molecule has 6 nitrogen and oxygen atoms in total. The van der Waals surface area contributed by atoms with Gasteiger partial charge in [-0.2, -0.15) is 0 Å². The van der Waals surface area contributed by atoms with Crippen LogP contribution in [0.15, 0.2) is 23.2 Å². The topological polar surface area (TPSA) is 72.0 Å². The second-order valence-electron chi connectivity index (χ2n) is 4.69. The molecule has 7 heteroatoms. The van der Waals surface area contributed by atoms with Gasteiger partial charge < -0.3 is 20.1 Å². The highest BCUT2D eigenvalue weighted by Crippen LogP contribution is 2.27. The first-order chi connectivity index (χ1) is 10.7. The summed E-state index contributed by atoms with van der Waals surface area (Å²) < 4.78 is 10.5. The van der Waals surface area contributed by atoms with E-state index in [1.165, 1.54) is 11.8 Å². The summed E-state index contributed by atoms with van der Waals surface area (Å²) in [5.74, 6) is 1.81. The van der Waals surface area contributed by atoms with Crippen LogP contribution >= 0.6 is 11.8 Å². The summed E-state index contributed by atoms with van der Waals surface area (Å²) in [6.07, 6.45) is 0.746. The quantitative estimate of drug-likeness (QED) is 0.785. The average Bonchev–Trinajstić information content (AvgIpc) is 3.06. The van der Waals surface area contributed by atoms with E-state index in [-0.39, 0.29) is 5.91 Å². The minimum atomic E-state index is 0.0156. The Morgan fingerprint density at radius 3 is 2.86 bits per heavy atom. The minimum Gasteiger partial charge on any atom is -0.493 e. The number of ether oxygens (including phenoxy) is 2. The van der Waals surface area contributed by atoms with Gasteiger partial charge in [0.05, 0.1) is 26.5 Å². The Kier molecular flexibility index (Phi) is 6.39. The Bertz CT molecular complexity index is 549. The fourth-order valence-electron chi connectivity index (χ4n) is 2.04. The first kappa shape index (κ1) is 16.5. The largest absolute Gasteiger partial charge is 0.493 e. The average molecular weight is 323 g/mol. The third-order valence-corrected chi connectivity index (χ3v) is 4.12. The van der Waals surface area contributed by atoms with Crippen molar-refractivity contribution in [3.8, 4) is 11.5 Å². The number of amidine groups is 1. The van der Waals surface area contributed by atoms with Crippen molar-refractivity contribution >= 4 is 22.8 Å². The fourth-order valence-corrected chi connectivity index (χ4v) is 2.80. The third kappa shape index (κ3) is 4.84. The van der Waals surface area contributed by atoms with Crippen LogP contribution in [0.2, 0.25) is 0 Å². The number of thioether (sulfide) groups is 1. The van der Waals surface area contributed by atoms with E-state index < -0.39 is 0 Å². The lowest BCUT2D eigenvalue weighted by molar-refractivity contribution is -0.118. The molecule has 1 aromatic rings. The number of rotatable bonds is 7. The van der Waals surface area contributed by atoms with E-state index in [1.807, 2.05) is 18.2 Å². The summed E-state index contributed by atoms with van der Waals surface area (Å²) in [5.41, 5.74) is 1.09. The molecular weight excluding hydrogens is 302 g/mol. The highest BCUT2D eigenvalue weighted by Gasteiger charge is 2.09. The highest BCUT2D eigenvalue weighted by molar-refractivity contribution is 8.14. The Morgan fingerprint density at radius 1 is 1.36 bits per heavy atom. The van der Waals surface area contributed by atoms with Crippen LogP contribution < -0.4 is 20.1 Å². The molecule has 0 unspecified atom stereocenters. The van der Waals surface area contributed by atoms with Crippen molar-refractivity contribution in [3.63, 3.8) is 0 Å². The number of nitrogens with one attached hydrogen (secondary N) is 2. The zero-order chi connectivity index (χ0) is 15.8. The van der Waals surface area contributed by atoms with Crippen LogP contribution in [0.1, 0.15) is 5.56 Å². The lowest BCUT2D eigenvalue weighted by Crippen LogP contribution is -2.28. The summed E-state index contributed by atoms with van der Waals surface area (Å²) in [5, 5.41) is 6.89. The smallest absolute Gasteiger partial charge is 0.230 e. The zero-order valence-electron chi connectivity index (χ0n) is 12.8. The summed E-state index contributed by atoms with van der Waals surface area (Å²) in [7, 11) is 3.22. The van der Waals surface area contributed by atoms with Crippen molar-refractivity contribution in [3.05, 3.63) is 23.8 Å². The molecule has 0 radical (unpaired) electrons. The van der Waals surface area contributed by atoms with Gasteiger partial charge in [0.25, 0.3) is 0 Å². The standard InChI is InChI=1S/C15H21N3O3S/c1-20-12-4-3-11(9-13(12)21-2)5-6-16-14(19)10-22-15-17-7-8-18-15/h3-4,9H,5-8,10H2,1-2H3,(H,16,19)(H,17,18). The second kappa shape index (κ2) is 8.53. The molecule has 0 aromatic heterocycles. The van der Waals surface area contributed by atoms with Crippen molar-refractivity contribution in [2.24, 2.45) is 4.99 Å². The van der Waals surface area contributed by atoms with Crippen LogP contribution in [-0.2, 0) is 11.2 Å². The van der Waals surface area contributed by atoms with Crippen LogP contribution in [-0.4, -0.2) is 50.7 Å². The predicted octanol–water partition coefficient (Wildman–Crippen LogP) is 1.05. The van der Waals surface area contributed by atoms with Crippen molar-refractivity contribution in [2.45, 2.75) is 6.42 Å². The molecule has 1 aromatic carbocycles. The second-order valence-corrected chi connectivity index (χ2v) is 5.66. The van der Waals surface area contributed by atoms with Gasteiger partial charge >= 0.3 is 0 Å². The Hall–Kier alpha value is -1.89. The number of aliphatic imine (C=N–C) groups is 1. The molecule has 2 N–H and O–H groups in total. The normalized spacial score (nSPS) is 13.3. The maximum atomic E-state index is 11.8. The molecule has 0 spiro atoms. The van der Waals surface area contributed by atoms with Gasteiger partial charge in [-0.1, -0.05) is 17.8 Å². The number of nitrogens with zero attached hydrogens (tertiary/aromatic N) is 1. The SMILES string of the molecule is COc1ccc(CCNC(=O)CSC2=NCCN2)cc1OC. The first-order valence-electron chi connectivity index (χ1n) is 7.11. The molecule has 22 heavy (non-hydrogen) atoms. The highest BCUT2D eigenvalue weighted by atomic mass is 32.2. The maximum absolute atomic E-state index is 11.8. The number of hydrogen-bond acceptors (Lipinski definition) is 6. The minimum absolute atomic E-state index is 0.0156. The first-order valence-corrected chi connectivity index (χ1v) is 8.10. The molecule has 1 aliphatic heterocycles. The van der Waals surface area contributed by atoms with Crippen molar-refractivity contribution in [1.29, 1.82) is 0 Å². The van der Waals surface area contributed by atoms with Gasteiger partial charge in [0.2, 0.25) is 5.91 Å². The van der Waals surface area contributed by atoms with Crippen molar-refractivity contribution < 1.29 is 14.3 Å². The van der Waals surface area contributed by atoms with Gasteiger partial charge in [0.15, 0.2) is 16.7 Å². The van der Waals surface area contributed by atoms with E-state index >= 15 is 0 Å². The molecule has 120 valence electrons. The molecule has 1 heterocycles. The van der Waals surface area contributed by atoms with Gasteiger partial charge in [-0.05, 0) is 24.1 Å². The van der Waals surface area contributed by atoms with E-state index in [4.69, 9.17) is 9.47 Å². The van der Waals surface area contributed by atoms with Crippen LogP contribution in [0, 0.1) is 0 Å². The Labute approximate surface area is 134 Å². The Balaban J connectivity index is 1.72. The van der Waals surface area contributed by atoms with Crippen molar-refractivity contribution in [2.75, 3.05) is 39.6 Å². The molecule has 1 aliphatic rings. The van der Waals surface area contributed by atoms with Gasteiger partial charge in [-0.25, -0.2) is 0 Å². The Morgan fingerprint density at radius 2 is 2.18 bits per heavy atom. The molecule has 0 saturated heterocycles. The summed E-state index contributed by atoms with van der Waals surface area (Å²) in [6, 6.07) is 5.77. The van der Waals surface area contributed by atoms with Gasteiger partial charge in [-0.3, -0.25) is 9.79 Å². The van der Waals surface area contributed by atoms with E-state index in [9.17, 15) is 4.79 Å². The summed E-state index contributed by atoms with van der Waals surface area (Å²) in [4.78, 5) is 16.0. The number of benzene rings is 1. The van der Waals surface area contributed by atoms with Crippen LogP contribution in [0.4, 0.5) is 0 Å². The number of hydrogen-bond donors (Lipinski definition) is 2. The molecule has 0 saturated carbocycles. The number of carbonyl (C=O) groups is 1. The molecule has 0 fully saturated rings. The van der Waals surface area contributed by atoms with E-state index in [2.05, 4.69) is 15.6 Å². The molecule has 0 aliphatic carbocycles. The van der Waals surface area contributed by atoms with E-state index in [0.29, 0.717) is 23.8 Å². The summed E-state index contributed by atoms with van der Waals surface area (Å²) in [6.45, 7) is 2.25. The molecule has 1 amide bonds. The van der Waals surface area contributed by atoms with E-state index in [1.54, 1.807) is 14.2 Å². The monoisotopic (exact) mass is 323 g/mol. The van der Waals surface area contributed by atoms with Gasteiger partial charge in [-0.15, -0.1) is 0 Å².